The number of benzene rings is 1. The molecule has 1 amide bonds. The van der Waals surface area contributed by atoms with E-state index < -0.39 is 17.7 Å². The fourth-order valence-electron chi connectivity index (χ4n) is 4.78. The van der Waals surface area contributed by atoms with Gasteiger partial charge in [0.25, 0.3) is 0 Å². The molecule has 31 heavy (non-hydrogen) atoms. The molecule has 1 aliphatic heterocycles. The van der Waals surface area contributed by atoms with Gasteiger partial charge in [0.15, 0.2) is 0 Å². The SMILES string of the molecule is O=C(CC1CCN(c2ccc(C(=O)O)cc2C(F)(F)F)CC1)NCCC1CCCCC1. The number of nitrogens with one attached hydrogen (secondary N) is 1. The van der Waals surface area contributed by atoms with Crippen LogP contribution in [0.2, 0.25) is 0 Å². The van der Waals surface area contributed by atoms with Crippen LogP contribution in [-0.4, -0.2) is 36.6 Å². The van der Waals surface area contributed by atoms with Crippen molar-refractivity contribution in [2.24, 2.45) is 11.8 Å². The molecule has 1 saturated heterocycles. The van der Waals surface area contributed by atoms with E-state index in [-0.39, 0.29) is 23.1 Å². The molecule has 1 heterocycles. The summed E-state index contributed by atoms with van der Waals surface area (Å²) in [5, 5.41) is 12.0. The lowest BCUT2D eigenvalue weighted by Crippen LogP contribution is -2.37. The fourth-order valence-corrected chi connectivity index (χ4v) is 4.78. The van der Waals surface area contributed by atoms with E-state index in [0.717, 1.165) is 6.42 Å². The lowest BCUT2D eigenvalue weighted by Gasteiger charge is -2.35. The molecule has 1 saturated carbocycles. The third kappa shape index (κ3) is 6.61. The predicted octanol–water partition coefficient (Wildman–Crippen LogP) is 5.10. The van der Waals surface area contributed by atoms with Gasteiger partial charge in [-0.05, 0) is 49.3 Å². The number of halogens is 3. The van der Waals surface area contributed by atoms with Crippen LogP contribution in [0.5, 0.6) is 0 Å². The number of aromatic carboxylic acids is 1. The Kier molecular flexibility index (Phi) is 7.84. The highest BCUT2D eigenvalue weighted by atomic mass is 19.4. The minimum atomic E-state index is -4.63. The van der Waals surface area contributed by atoms with Crippen molar-refractivity contribution in [3.05, 3.63) is 29.3 Å². The van der Waals surface area contributed by atoms with Crippen LogP contribution in [-0.2, 0) is 11.0 Å². The maximum atomic E-state index is 13.5. The Morgan fingerprint density at radius 2 is 1.71 bits per heavy atom. The second-order valence-corrected chi connectivity index (χ2v) is 8.81. The highest BCUT2D eigenvalue weighted by Gasteiger charge is 2.36. The quantitative estimate of drug-likeness (QED) is 0.619. The second-order valence-electron chi connectivity index (χ2n) is 8.81. The van der Waals surface area contributed by atoms with Gasteiger partial charge in [0, 0.05) is 31.7 Å². The van der Waals surface area contributed by atoms with Gasteiger partial charge in [0.2, 0.25) is 5.91 Å². The number of hydrogen-bond acceptors (Lipinski definition) is 3. The molecule has 1 aliphatic carbocycles. The molecular weight excluding hydrogens is 409 g/mol. The zero-order chi connectivity index (χ0) is 22.4. The van der Waals surface area contributed by atoms with Crippen molar-refractivity contribution < 1.29 is 27.9 Å². The second kappa shape index (κ2) is 10.4. The van der Waals surface area contributed by atoms with Crippen molar-refractivity contribution in [2.75, 3.05) is 24.5 Å². The molecule has 0 atom stereocenters. The van der Waals surface area contributed by atoms with Gasteiger partial charge in [-0.25, -0.2) is 4.79 Å². The summed E-state index contributed by atoms with van der Waals surface area (Å²) in [5.41, 5.74) is -1.30. The third-order valence-electron chi connectivity index (χ3n) is 6.58. The number of anilines is 1. The third-order valence-corrected chi connectivity index (χ3v) is 6.58. The number of carboxylic acid groups (broad SMARTS) is 1. The number of carboxylic acids is 1. The van der Waals surface area contributed by atoms with Crippen LogP contribution in [0.3, 0.4) is 0 Å². The van der Waals surface area contributed by atoms with Crippen LogP contribution in [0.1, 0.15) is 73.7 Å². The molecule has 0 aromatic heterocycles. The Balaban J connectivity index is 1.49. The fraction of sp³-hybridized carbons (Fsp3) is 0.652. The topological polar surface area (TPSA) is 69.6 Å². The maximum Gasteiger partial charge on any atom is 0.418 e. The lowest BCUT2D eigenvalue weighted by atomic mass is 9.87. The average Bonchev–Trinajstić information content (AvgIpc) is 2.74. The highest BCUT2D eigenvalue weighted by Crippen LogP contribution is 2.39. The number of carbonyl (C=O) groups excluding carboxylic acids is 1. The monoisotopic (exact) mass is 440 g/mol. The molecule has 1 aromatic rings. The molecule has 3 rings (SSSR count). The van der Waals surface area contributed by atoms with E-state index in [1.165, 1.54) is 44.2 Å². The first-order valence-corrected chi connectivity index (χ1v) is 11.2. The molecule has 0 radical (unpaired) electrons. The van der Waals surface area contributed by atoms with Gasteiger partial charge in [-0.15, -0.1) is 0 Å². The van der Waals surface area contributed by atoms with Crippen molar-refractivity contribution in [3.8, 4) is 0 Å². The Hall–Kier alpha value is -2.25. The molecule has 2 N–H and O–H groups in total. The number of rotatable bonds is 7. The van der Waals surface area contributed by atoms with Crippen LogP contribution >= 0.6 is 0 Å². The van der Waals surface area contributed by atoms with E-state index in [0.29, 0.717) is 50.9 Å². The smallest absolute Gasteiger partial charge is 0.418 e. The van der Waals surface area contributed by atoms with Crippen molar-refractivity contribution >= 4 is 17.6 Å². The van der Waals surface area contributed by atoms with Gasteiger partial charge in [-0.3, -0.25) is 4.79 Å². The zero-order valence-electron chi connectivity index (χ0n) is 17.7. The van der Waals surface area contributed by atoms with Crippen LogP contribution in [0.25, 0.3) is 0 Å². The van der Waals surface area contributed by atoms with Crippen molar-refractivity contribution in [1.29, 1.82) is 0 Å². The van der Waals surface area contributed by atoms with E-state index in [9.17, 15) is 22.8 Å². The minimum absolute atomic E-state index is 0.00730. The summed E-state index contributed by atoms with van der Waals surface area (Å²) in [6, 6.07) is 3.15. The Morgan fingerprint density at radius 1 is 1.03 bits per heavy atom. The van der Waals surface area contributed by atoms with E-state index in [1.54, 1.807) is 4.90 Å². The molecule has 0 unspecified atom stereocenters. The lowest BCUT2D eigenvalue weighted by molar-refractivity contribution is -0.137. The average molecular weight is 441 g/mol. The number of amides is 1. The largest absolute Gasteiger partial charge is 0.478 e. The molecule has 2 aliphatic rings. The molecule has 1 aromatic carbocycles. The van der Waals surface area contributed by atoms with E-state index >= 15 is 0 Å². The summed E-state index contributed by atoms with van der Waals surface area (Å²) in [6.07, 6.45) is 4.45. The molecule has 172 valence electrons. The van der Waals surface area contributed by atoms with Crippen molar-refractivity contribution in [2.45, 2.75) is 64.0 Å². The summed E-state index contributed by atoms with van der Waals surface area (Å²) in [4.78, 5) is 25.0. The van der Waals surface area contributed by atoms with Gasteiger partial charge >= 0.3 is 12.1 Å². The Morgan fingerprint density at radius 3 is 2.32 bits per heavy atom. The van der Waals surface area contributed by atoms with Crippen molar-refractivity contribution in [1.82, 2.24) is 5.32 Å². The molecule has 5 nitrogen and oxygen atoms in total. The normalized spacial score (nSPS) is 18.7. The number of nitrogens with zero attached hydrogens (tertiary/aromatic N) is 1. The van der Waals surface area contributed by atoms with Crippen LogP contribution in [0.4, 0.5) is 18.9 Å². The predicted molar refractivity (Wildman–Crippen MR) is 112 cm³/mol. The standard InChI is InChI=1S/C23H31F3N2O3/c24-23(25,26)19-15-18(22(30)31)6-7-20(19)28-12-9-17(10-13-28)14-21(29)27-11-8-16-4-2-1-3-5-16/h6-7,15-17H,1-5,8-14H2,(H,27,29)(H,30,31). The summed E-state index contributed by atoms with van der Waals surface area (Å²) in [7, 11) is 0. The zero-order valence-corrected chi connectivity index (χ0v) is 17.7. The van der Waals surface area contributed by atoms with E-state index in [2.05, 4.69) is 5.32 Å². The van der Waals surface area contributed by atoms with Crippen LogP contribution < -0.4 is 10.2 Å². The Labute approximate surface area is 181 Å². The van der Waals surface area contributed by atoms with E-state index in [4.69, 9.17) is 5.11 Å². The molecule has 0 spiro atoms. The molecule has 0 bridgehead atoms. The van der Waals surface area contributed by atoms with E-state index in [1.807, 2.05) is 0 Å². The number of piperidine rings is 1. The highest BCUT2D eigenvalue weighted by molar-refractivity contribution is 5.88. The molecular formula is C23H31F3N2O3. The number of hydrogen-bond donors (Lipinski definition) is 2. The molecule has 8 heteroatoms. The van der Waals surface area contributed by atoms with Crippen LogP contribution in [0, 0.1) is 11.8 Å². The van der Waals surface area contributed by atoms with Crippen molar-refractivity contribution in [3.63, 3.8) is 0 Å². The van der Waals surface area contributed by atoms with Gasteiger partial charge in [-0.2, -0.15) is 13.2 Å². The summed E-state index contributed by atoms with van der Waals surface area (Å²) in [5.74, 6) is -0.493. The van der Waals surface area contributed by atoms with Gasteiger partial charge in [-0.1, -0.05) is 32.1 Å². The first-order valence-electron chi connectivity index (χ1n) is 11.2. The first kappa shape index (κ1) is 23.4. The summed E-state index contributed by atoms with van der Waals surface area (Å²) in [6.45, 7) is 1.53. The number of alkyl halides is 3. The maximum absolute atomic E-state index is 13.5. The molecule has 2 fully saturated rings. The van der Waals surface area contributed by atoms with Gasteiger partial charge < -0.3 is 15.3 Å². The van der Waals surface area contributed by atoms with Gasteiger partial charge in [0.1, 0.15) is 0 Å². The van der Waals surface area contributed by atoms with Crippen LogP contribution in [0.15, 0.2) is 18.2 Å². The minimum Gasteiger partial charge on any atom is -0.478 e. The number of carbonyl (C=O) groups is 2. The first-order chi connectivity index (χ1) is 14.7. The summed E-state index contributed by atoms with van der Waals surface area (Å²) >= 11 is 0. The Bertz CT molecular complexity index is 768. The van der Waals surface area contributed by atoms with Gasteiger partial charge in [0.05, 0.1) is 11.1 Å². The summed E-state index contributed by atoms with van der Waals surface area (Å²) < 4.78 is 40.4.